The van der Waals surface area contributed by atoms with E-state index in [1.807, 2.05) is 13.8 Å². The number of nitrogens with one attached hydrogen (secondary N) is 1. The zero-order chi connectivity index (χ0) is 17.9. The van der Waals surface area contributed by atoms with Crippen molar-refractivity contribution in [1.82, 2.24) is 10.2 Å². The molecule has 0 aromatic heterocycles. The second-order valence-corrected chi connectivity index (χ2v) is 5.70. The van der Waals surface area contributed by atoms with E-state index in [0.717, 1.165) is 4.90 Å². The highest BCUT2D eigenvalue weighted by Gasteiger charge is 2.37. The number of benzene rings is 1. The van der Waals surface area contributed by atoms with Gasteiger partial charge in [-0.2, -0.15) is 0 Å². The normalized spacial score (nSPS) is 15.7. The summed E-state index contributed by atoms with van der Waals surface area (Å²) in [7, 11) is 1.24. The molecular weight excluding hydrogens is 312 g/mol. The number of carbonyl (C=O) groups is 4. The van der Waals surface area contributed by atoms with Crippen LogP contribution in [0.1, 0.15) is 41.0 Å². The van der Waals surface area contributed by atoms with Gasteiger partial charge in [-0.3, -0.25) is 19.3 Å². The predicted octanol–water partition coefficient (Wildman–Crippen LogP) is 0.986. The van der Waals surface area contributed by atoms with Crippen LogP contribution in [-0.2, 0) is 14.3 Å². The van der Waals surface area contributed by atoms with Crippen molar-refractivity contribution in [3.8, 4) is 0 Å². The molecule has 1 heterocycles. The molecule has 2 atom stereocenters. The number of fused-ring (bicyclic) bond motifs is 1. The van der Waals surface area contributed by atoms with E-state index in [0.29, 0.717) is 6.42 Å². The molecule has 1 N–H and O–H groups in total. The summed E-state index contributed by atoms with van der Waals surface area (Å²) >= 11 is 0. The van der Waals surface area contributed by atoms with Gasteiger partial charge in [-0.1, -0.05) is 32.4 Å². The minimum absolute atomic E-state index is 0.136. The molecule has 1 aliphatic heterocycles. The van der Waals surface area contributed by atoms with Crippen LogP contribution < -0.4 is 5.32 Å². The molecule has 0 aliphatic carbocycles. The maximum absolute atomic E-state index is 12.2. The van der Waals surface area contributed by atoms with Gasteiger partial charge in [0.25, 0.3) is 11.8 Å². The van der Waals surface area contributed by atoms with Gasteiger partial charge in [-0.25, -0.2) is 4.79 Å². The maximum atomic E-state index is 12.2. The van der Waals surface area contributed by atoms with Crippen LogP contribution in [0.25, 0.3) is 0 Å². The Morgan fingerprint density at radius 2 is 1.71 bits per heavy atom. The molecule has 3 amide bonds. The third-order valence-corrected chi connectivity index (χ3v) is 4.16. The standard InChI is InChI=1S/C17H20N2O5/c1-4-10(2)14(17(23)24-3)18-13(20)9-19-15(21)11-7-5-6-8-12(11)16(19)22/h5-8,10,14H,4,9H2,1-3H3,(H,18,20)/t10-,14-/m0/s1. The minimum atomic E-state index is -0.817. The number of methoxy groups -OCH3 is 1. The first-order chi connectivity index (χ1) is 11.4. The summed E-state index contributed by atoms with van der Waals surface area (Å²) in [5.74, 6) is -2.29. The van der Waals surface area contributed by atoms with E-state index < -0.39 is 36.3 Å². The summed E-state index contributed by atoms with van der Waals surface area (Å²) in [6.45, 7) is 3.26. The van der Waals surface area contributed by atoms with Gasteiger partial charge >= 0.3 is 5.97 Å². The van der Waals surface area contributed by atoms with E-state index in [2.05, 4.69) is 5.32 Å². The maximum Gasteiger partial charge on any atom is 0.328 e. The van der Waals surface area contributed by atoms with Crippen LogP contribution in [0, 0.1) is 5.92 Å². The highest BCUT2D eigenvalue weighted by atomic mass is 16.5. The molecule has 0 saturated carbocycles. The lowest BCUT2D eigenvalue weighted by Crippen LogP contribution is -2.49. The van der Waals surface area contributed by atoms with Crippen molar-refractivity contribution in [2.24, 2.45) is 5.92 Å². The van der Waals surface area contributed by atoms with Gasteiger partial charge in [0.1, 0.15) is 12.6 Å². The van der Waals surface area contributed by atoms with Crippen molar-refractivity contribution in [3.63, 3.8) is 0 Å². The van der Waals surface area contributed by atoms with E-state index in [1.165, 1.54) is 7.11 Å². The lowest BCUT2D eigenvalue weighted by Gasteiger charge is -2.23. The molecule has 24 heavy (non-hydrogen) atoms. The van der Waals surface area contributed by atoms with E-state index >= 15 is 0 Å². The fourth-order valence-corrected chi connectivity index (χ4v) is 2.54. The Labute approximate surface area is 140 Å². The van der Waals surface area contributed by atoms with Crippen molar-refractivity contribution in [1.29, 1.82) is 0 Å². The Morgan fingerprint density at radius 3 is 2.17 bits per heavy atom. The number of carbonyl (C=O) groups excluding carboxylic acids is 4. The van der Waals surface area contributed by atoms with Gasteiger partial charge in [0.15, 0.2) is 0 Å². The van der Waals surface area contributed by atoms with E-state index in [9.17, 15) is 19.2 Å². The Morgan fingerprint density at radius 1 is 1.17 bits per heavy atom. The number of imide groups is 1. The number of ether oxygens (including phenoxy) is 1. The number of esters is 1. The number of hydrogen-bond acceptors (Lipinski definition) is 5. The monoisotopic (exact) mass is 332 g/mol. The second kappa shape index (κ2) is 7.25. The summed E-state index contributed by atoms with van der Waals surface area (Å²) in [4.78, 5) is 49.4. The zero-order valence-corrected chi connectivity index (χ0v) is 13.9. The minimum Gasteiger partial charge on any atom is -0.467 e. The average Bonchev–Trinajstić information content (AvgIpc) is 2.83. The number of hydrogen-bond donors (Lipinski definition) is 1. The van der Waals surface area contributed by atoms with Crippen LogP contribution in [0.4, 0.5) is 0 Å². The van der Waals surface area contributed by atoms with E-state index in [-0.39, 0.29) is 17.0 Å². The lowest BCUT2D eigenvalue weighted by molar-refractivity contribution is -0.146. The Kier molecular flexibility index (Phi) is 5.33. The predicted molar refractivity (Wildman–Crippen MR) is 85.2 cm³/mol. The number of amides is 3. The summed E-state index contributed by atoms with van der Waals surface area (Å²) in [5, 5.41) is 2.55. The molecule has 7 heteroatoms. The highest BCUT2D eigenvalue weighted by Crippen LogP contribution is 2.22. The summed E-state index contributed by atoms with van der Waals surface area (Å²) in [5.41, 5.74) is 0.559. The fraction of sp³-hybridized carbons (Fsp3) is 0.412. The van der Waals surface area contributed by atoms with Crippen LogP contribution in [0.5, 0.6) is 0 Å². The first-order valence-corrected chi connectivity index (χ1v) is 7.73. The van der Waals surface area contributed by atoms with Crippen LogP contribution in [0.3, 0.4) is 0 Å². The first-order valence-electron chi connectivity index (χ1n) is 7.73. The molecule has 0 fully saturated rings. The fourth-order valence-electron chi connectivity index (χ4n) is 2.54. The van der Waals surface area contributed by atoms with Gasteiger partial charge in [-0.05, 0) is 18.1 Å². The van der Waals surface area contributed by atoms with Gasteiger partial charge < -0.3 is 10.1 Å². The van der Waals surface area contributed by atoms with Crippen LogP contribution in [0.2, 0.25) is 0 Å². The quantitative estimate of drug-likeness (QED) is 0.619. The molecule has 1 aromatic carbocycles. The van der Waals surface area contributed by atoms with Crippen molar-refractivity contribution in [2.75, 3.05) is 13.7 Å². The Balaban J connectivity index is 2.09. The molecule has 0 spiro atoms. The molecule has 0 bridgehead atoms. The topological polar surface area (TPSA) is 92.8 Å². The summed E-state index contributed by atoms with van der Waals surface area (Å²) in [6, 6.07) is 5.59. The first kappa shape index (κ1) is 17.7. The molecule has 1 aliphatic rings. The van der Waals surface area contributed by atoms with E-state index in [1.54, 1.807) is 24.3 Å². The molecule has 0 saturated heterocycles. The average molecular weight is 332 g/mol. The third kappa shape index (κ3) is 3.29. The van der Waals surface area contributed by atoms with Crippen LogP contribution >= 0.6 is 0 Å². The van der Waals surface area contributed by atoms with Gasteiger partial charge in [-0.15, -0.1) is 0 Å². The smallest absolute Gasteiger partial charge is 0.328 e. The van der Waals surface area contributed by atoms with Crippen LogP contribution in [0.15, 0.2) is 24.3 Å². The molecule has 2 rings (SSSR count). The van der Waals surface area contributed by atoms with Crippen molar-refractivity contribution >= 4 is 23.7 Å². The van der Waals surface area contributed by atoms with Gasteiger partial charge in [0.05, 0.1) is 18.2 Å². The molecule has 0 unspecified atom stereocenters. The van der Waals surface area contributed by atoms with Crippen LogP contribution in [-0.4, -0.2) is 48.3 Å². The van der Waals surface area contributed by atoms with Crippen molar-refractivity contribution < 1.29 is 23.9 Å². The largest absolute Gasteiger partial charge is 0.467 e. The zero-order valence-electron chi connectivity index (χ0n) is 13.9. The summed E-state index contributed by atoms with van der Waals surface area (Å²) in [6.07, 6.45) is 0.660. The third-order valence-electron chi connectivity index (χ3n) is 4.16. The molecule has 1 aromatic rings. The Bertz CT molecular complexity index is 650. The second-order valence-electron chi connectivity index (χ2n) is 5.70. The molecule has 0 radical (unpaired) electrons. The highest BCUT2D eigenvalue weighted by molar-refractivity contribution is 6.22. The van der Waals surface area contributed by atoms with Gasteiger partial charge in [0, 0.05) is 0 Å². The lowest BCUT2D eigenvalue weighted by atomic mass is 9.99. The van der Waals surface area contributed by atoms with E-state index in [4.69, 9.17) is 4.74 Å². The molecule has 7 nitrogen and oxygen atoms in total. The van der Waals surface area contributed by atoms with Crippen molar-refractivity contribution in [3.05, 3.63) is 35.4 Å². The van der Waals surface area contributed by atoms with Gasteiger partial charge in [0.2, 0.25) is 5.91 Å². The Hall–Kier alpha value is -2.70. The SMILES string of the molecule is CC[C@H](C)[C@H](NC(=O)CN1C(=O)c2ccccc2C1=O)C(=O)OC. The number of rotatable bonds is 6. The molecular formula is C17H20N2O5. The number of nitrogens with zero attached hydrogens (tertiary/aromatic N) is 1. The van der Waals surface area contributed by atoms with Crippen molar-refractivity contribution in [2.45, 2.75) is 26.3 Å². The summed E-state index contributed by atoms with van der Waals surface area (Å²) < 4.78 is 4.70. The molecule has 128 valence electrons.